The molecule has 1 nitrogen and oxygen atoms in total. The fourth-order valence-electron chi connectivity index (χ4n) is 1.36. The molecule has 0 saturated heterocycles. The quantitative estimate of drug-likeness (QED) is 0.730. The van der Waals surface area contributed by atoms with Crippen molar-refractivity contribution in [2.24, 2.45) is 0 Å². The molecule has 0 N–H and O–H groups in total. The molecule has 1 rings (SSSR count). The molecule has 1 unspecified atom stereocenters. The topological polar surface area (TPSA) is 17.1 Å². The average molecular weight is 233 g/mol. The van der Waals surface area contributed by atoms with Gasteiger partial charge in [-0.25, -0.2) is 8.78 Å². The smallest absolute Gasteiger partial charge is 0.232 e. The third kappa shape index (κ3) is 2.17. The highest BCUT2D eigenvalue weighted by Gasteiger charge is 2.34. The zero-order valence-electron chi connectivity index (χ0n) is 8.48. The van der Waals surface area contributed by atoms with Crippen LogP contribution in [0.2, 0.25) is 0 Å². The van der Waals surface area contributed by atoms with Crippen molar-refractivity contribution in [1.29, 1.82) is 0 Å². The summed E-state index contributed by atoms with van der Waals surface area (Å²) in [4.78, 5) is 11.2. The second kappa shape index (κ2) is 4.27. The Balaban J connectivity index is 3.35. The Morgan fingerprint density at radius 2 is 2.07 bits per heavy atom. The molecule has 0 fully saturated rings. The molecular formula is C11H11ClF2O. The molecule has 15 heavy (non-hydrogen) atoms. The van der Waals surface area contributed by atoms with Gasteiger partial charge >= 0.3 is 0 Å². The number of halogens is 3. The Morgan fingerprint density at radius 3 is 2.53 bits per heavy atom. The van der Waals surface area contributed by atoms with Crippen LogP contribution in [-0.4, -0.2) is 5.24 Å². The van der Waals surface area contributed by atoms with Crippen LogP contribution in [0.5, 0.6) is 0 Å². The van der Waals surface area contributed by atoms with Gasteiger partial charge in [-0.2, -0.15) is 0 Å². The van der Waals surface area contributed by atoms with Crippen molar-refractivity contribution in [3.05, 3.63) is 35.4 Å². The molecule has 4 heteroatoms. The monoisotopic (exact) mass is 232 g/mol. The Hall–Kier alpha value is -0.960. The number of carbonyl (C=O) groups is 1. The van der Waals surface area contributed by atoms with E-state index in [2.05, 4.69) is 0 Å². The average Bonchev–Trinajstić information content (AvgIpc) is 2.20. The van der Waals surface area contributed by atoms with E-state index in [0.717, 1.165) is 18.2 Å². The van der Waals surface area contributed by atoms with Gasteiger partial charge in [-0.1, -0.05) is 6.92 Å². The number of rotatable bonds is 3. The summed E-state index contributed by atoms with van der Waals surface area (Å²) in [7, 11) is 0. The molecule has 0 amide bonds. The minimum Gasteiger partial charge on any atom is -0.280 e. The van der Waals surface area contributed by atoms with E-state index < -0.39 is 22.3 Å². The number of benzene rings is 1. The predicted molar refractivity (Wildman–Crippen MR) is 54.9 cm³/mol. The van der Waals surface area contributed by atoms with Gasteiger partial charge < -0.3 is 0 Å². The Kier molecular flexibility index (Phi) is 3.45. The van der Waals surface area contributed by atoms with Crippen molar-refractivity contribution < 1.29 is 13.6 Å². The molecule has 0 radical (unpaired) electrons. The zero-order valence-corrected chi connectivity index (χ0v) is 9.24. The first-order valence-corrected chi connectivity index (χ1v) is 4.95. The fourth-order valence-corrected chi connectivity index (χ4v) is 1.59. The molecule has 0 saturated carbocycles. The van der Waals surface area contributed by atoms with Crippen LogP contribution in [0.25, 0.3) is 0 Å². The van der Waals surface area contributed by atoms with Crippen molar-refractivity contribution in [2.45, 2.75) is 25.7 Å². The Bertz CT molecular complexity index is 392. The second-order valence-electron chi connectivity index (χ2n) is 3.58. The van der Waals surface area contributed by atoms with Crippen LogP contribution < -0.4 is 0 Å². The first-order chi connectivity index (χ1) is 6.91. The molecule has 0 aliphatic rings. The maximum absolute atomic E-state index is 13.4. The third-order valence-electron chi connectivity index (χ3n) is 2.66. The van der Waals surface area contributed by atoms with Gasteiger partial charge in [-0.3, -0.25) is 4.79 Å². The molecule has 0 bridgehead atoms. The van der Waals surface area contributed by atoms with Crippen LogP contribution in [-0.2, 0) is 10.2 Å². The van der Waals surface area contributed by atoms with E-state index in [1.165, 1.54) is 6.92 Å². The first kappa shape index (κ1) is 12.1. The third-order valence-corrected chi connectivity index (χ3v) is 3.08. The van der Waals surface area contributed by atoms with Crippen LogP contribution in [0.3, 0.4) is 0 Å². The largest absolute Gasteiger partial charge is 0.280 e. The normalized spacial score (nSPS) is 14.7. The highest BCUT2D eigenvalue weighted by Crippen LogP contribution is 2.32. The van der Waals surface area contributed by atoms with Crippen molar-refractivity contribution in [1.82, 2.24) is 0 Å². The highest BCUT2D eigenvalue weighted by molar-refractivity contribution is 6.65. The molecule has 0 aliphatic carbocycles. The van der Waals surface area contributed by atoms with Gasteiger partial charge in [0.2, 0.25) is 5.24 Å². The van der Waals surface area contributed by atoms with Crippen LogP contribution in [0, 0.1) is 11.6 Å². The lowest BCUT2D eigenvalue weighted by Crippen LogP contribution is -2.29. The maximum atomic E-state index is 13.4. The van der Waals surface area contributed by atoms with Crippen LogP contribution in [0.15, 0.2) is 18.2 Å². The summed E-state index contributed by atoms with van der Waals surface area (Å²) < 4.78 is 26.4. The molecular weight excluding hydrogens is 222 g/mol. The predicted octanol–water partition coefficient (Wildman–Crippen LogP) is 3.40. The molecule has 0 heterocycles. The van der Waals surface area contributed by atoms with Gasteiger partial charge in [0.05, 0.1) is 5.41 Å². The summed E-state index contributed by atoms with van der Waals surface area (Å²) in [6, 6.07) is 3.02. The van der Waals surface area contributed by atoms with Crippen LogP contribution in [0.4, 0.5) is 8.78 Å². The van der Waals surface area contributed by atoms with Gasteiger partial charge in [0.1, 0.15) is 11.6 Å². The molecule has 0 spiro atoms. The SMILES string of the molecule is CCC(C)(C(=O)Cl)c1cc(F)ccc1F. The van der Waals surface area contributed by atoms with E-state index in [0.29, 0.717) is 6.42 Å². The van der Waals surface area contributed by atoms with E-state index in [1.54, 1.807) is 6.92 Å². The lowest BCUT2D eigenvalue weighted by atomic mass is 9.81. The van der Waals surface area contributed by atoms with Gasteiger partial charge in [-0.05, 0) is 43.1 Å². The minimum absolute atomic E-state index is 0.00463. The van der Waals surface area contributed by atoms with Crippen molar-refractivity contribution in [3.8, 4) is 0 Å². The molecule has 1 atom stereocenters. The lowest BCUT2D eigenvalue weighted by Gasteiger charge is -2.24. The summed E-state index contributed by atoms with van der Waals surface area (Å²) in [6.45, 7) is 3.20. The summed E-state index contributed by atoms with van der Waals surface area (Å²) in [5.74, 6) is -1.20. The van der Waals surface area contributed by atoms with Crippen molar-refractivity contribution in [3.63, 3.8) is 0 Å². The summed E-state index contributed by atoms with van der Waals surface area (Å²) in [5.41, 5.74) is -1.17. The van der Waals surface area contributed by atoms with E-state index in [9.17, 15) is 13.6 Å². The van der Waals surface area contributed by atoms with E-state index >= 15 is 0 Å². The molecule has 0 aromatic heterocycles. The van der Waals surface area contributed by atoms with Crippen LogP contribution >= 0.6 is 11.6 Å². The maximum Gasteiger partial charge on any atom is 0.232 e. The van der Waals surface area contributed by atoms with Gasteiger partial charge in [0.15, 0.2) is 0 Å². The molecule has 82 valence electrons. The Labute approximate surface area is 92.1 Å². The highest BCUT2D eigenvalue weighted by atomic mass is 35.5. The Morgan fingerprint density at radius 1 is 1.47 bits per heavy atom. The van der Waals surface area contributed by atoms with Crippen LogP contribution in [0.1, 0.15) is 25.8 Å². The van der Waals surface area contributed by atoms with Crippen molar-refractivity contribution in [2.75, 3.05) is 0 Å². The molecule has 0 aliphatic heterocycles. The van der Waals surface area contributed by atoms with Gasteiger partial charge in [0, 0.05) is 5.56 Å². The summed E-state index contributed by atoms with van der Waals surface area (Å²) in [5, 5.41) is -0.686. The lowest BCUT2D eigenvalue weighted by molar-refractivity contribution is -0.116. The zero-order chi connectivity index (χ0) is 11.6. The summed E-state index contributed by atoms with van der Waals surface area (Å²) in [6.07, 6.45) is 0.315. The summed E-state index contributed by atoms with van der Waals surface area (Å²) >= 11 is 5.42. The standard InChI is InChI=1S/C11H11ClF2O/c1-3-11(2,10(12)15)8-6-7(13)4-5-9(8)14/h4-6H,3H2,1-2H3. The second-order valence-corrected chi connectivity index (χ2v) is 3.93. The van der Waals surface area contributed by atoms with Gasteiger partial charge in [-0.15, -0.1) is 0 Å². The van der Waals surface area contributed by atoms with Gasteiger partial charge in [0.25, 0.3) is 0 Å². The number of hydrogen-bond acceptors (Lipinski definition) is 1. The van der Waals surface area contributed by atoms with Crippen molar-refractivity contribution >= 4 is 16.8 Å². The molecule has 1 aromatic carbocycles. The van der Waals surface area contributed by atoms with E-state index in [1.807, 2.05) is 0 Å². The van der Waals surface area contributed by atoms with E-state index in [4.69, 9.17) is 11.6 Å². The minimum atomic E-state index is -1.17. The van der Waals surface area contributed by atoms with E-state index in [-0.39, 0.29) is 5.56 Å². The first-order valence-electron chi connectivity index (χ1n) is 4.57. The number of hydrogen-bond donors (Lipinski definition) is 0. The molecule has 1 aromatic rings. The number of carbonyl (C=O) groups excluding carboxylic acids is 1. The fraction of sp³-hybridized carbons (Fsp3) is 0.364.